The van der Waals surface area contributed by atoms with Gasteiger partial charge in [-0.1, -0.05) is 12.1 Å². The lowest BCUT2D eigenvalue weighted by atomic mass is 9.83. The first-order chi connectivity index (χ1) is 13.1. The van der Waals surface area contributed by atoms with Gasteiger partial charge in [0, 0.05) is 6.54 Å². The van der Waals surface area contributed by atoms with E-state index in [4.69, 9.17) is 14.2 Å². The molecule has 0 radical (unpaired) electrons. The molecule has 0 aromatic heterocycles. The summed E-state index contributed by atoms with van der Waals surface area (Å²) in [7, 11) is -2.04. The SMILES string of the molecule is COc1ccc2c(c1)CCCC2CNS(=O)(=O)c1cccc2c1OCCO2. The Morgan fingerprint density at radius 3 is 2.89 bits per heavy atom. The highest BCUT2D eigenvalue weighted by Gasteiger charge is 2.27. The van der Waals surface area contributed by atoms with Crippen molar-refractivity contribution < 1.29 is 22.6 Å². The Hall–Kier alpha value is -2.25. The number of benzene rings is 2. The molecule has 0 spiro atoms. The molecule has 144 valence electrons. The molecule has 1 N–H and O–H groups in total. The minimum Gasteiger partial charge on any atom is -0.497 e. The van der Waals surface area contributed by atoms with E-state index in [2.05, 4.69) is 10.8 Å². The van der Waals surface area contributed by atoms with Gasteiger partial charge in [0.25, 0.3) is 0 Å². The molecule has 1 aliphatic heterocycles. The largest absolute Gasteiger partial charge is 0.497 e. The minimum absolute atomic E-state index is 0.130. The van der Waals surface area contributed by atoms with Crippen molar-refractivity contribution in [1.82, 2.24) is 4.72 Å². The Kier molecular flexibility index (Phi) is 4.97. The molecule has 6 nitrogen and oxygen atoms in total. The first-order valence-electron chi connectivity index (χ1n) is 9.13. The second-order valence-corrected chi connectivity index (χ2v) is 8.52. The molecule has 27 heavy (non-hydrogen) atoms. The zero-order chi connectivity index (χ0) is 18.9. The van der Waals surface area contributed by atoms with Gasteiger partial charge in [-0.2, -0.15) is 0 Å². The van der Waals surface area contributed by atoms with Gasteiger partial charge in [-0.25, -0.2) is 13.1 Å². The van der Waals surface area contributed by atoms with Crippen LogP contribution in [-0.4, -0.2) is 35.3 Å². The van der Waals surface area contributed by atoms with Crippen LogP contribution in [0.2, 0.25) is 0 Å². The molecule has 1 unspecified atom stereocenters. The van der Waals surface area contributed by atoms with Crippen molar-refractivity contribution in [2.45, 2.75) is 30.1 Å². The van der Waals surface area contributed by atoms with Gasteiger partial charge in [-0.3, -0.25) is 0 Å². The third kappa shape index (κ3) is 3.61. The summed E-state index contributed by atoms with van der Waals surface area (Å²) in [6.45, 7) is 1.12. The average Bonchev–Trinajstić information content (AvgIpc) is 2.71. The van der Waals surface area contributed by atoms with Crippen LogP contribution in [-0.2, 0) is 16.4 Å². The highest BCUT2D eigenvalue weighted by atomic mass is 32.2. The fourth-order valence-corrected chi connectivity index (χ4v) is 5.01. The molecular formula is C20H23NO5S. The molecule has 2 aromatic rings. The van der Waals surface area contributed by atoms with Gasteiger partial charge in [0.15, 0.2) is 11.5 Å². The molecule has 0 amide bonds. The number of aryl methyl sites for hydroxylation is 1. The minimum atomic E-state index is -3.70. The summed E-state index contributed by atoms with van der Waals surface area (Å²) in [5, 5.41) is 0. The molecule has 2 aliphatic rings. The highest BCUT2D eigenvalue weighted by molar-refractivity contribution is 7.89. The van der Waals surface area contributed by atoms with Crippen LogP contribution in [0.4, 0.5) is 0 Å². The number of nitrogens with one attached hydrogen (secondary N) is 1. The van der Waals surface area contributed by atoms with Crippen molar-refractivity contribution in [3.63, 3.8) is 0 Å². The number of hydrogen-bond donors (Lipinski definition) is 1. The van der Waals surface area contributed by atoms with E-state index in [0.29, 0.717) is 31.3 Å². The molecule has 4 rings (SSSR count). The van der Waals surface area contributed by atoms with Crippen LogP contribution in [0.15, 0.2) is 41.3 Å². The van der Waals surface area contributed by atoms with E-state index >= 15 is 0 Å². The fourth-order valence-electron chi connectivity index (χ4n) is 3.78. The molecule has 1 heterocycles. The smallest absolute Gasteiger partial charge is 0.244 e. The summed E-state index contributed by atoms with van der Waals surface area (Å²) in [4.78, 5) is 0.130. The predicted molar refractivity (Wildman–Crippen MR) is 101 cm³/mol. The van der Waals surface area contributed by atoms with Crippen molar-refractivity contribution in [2.75, 3.05) is 26.9 Å². The molecule has 1 aliphatic carbocycles. The Morgan fingerprint density at radius 1 is 1.19 bits per heavy atom. The first kappa shape index (κ1) is 18.1. The number of hydrogen-bond acceptors (Lipinski definition) is 5. The number of ether oxygens (including phenoxy) is 3. The van der Waals surface area contributed by atoms with E-state index in [-0.39, 0.29) is 10.8 Å². The van der Waals surface area contributed by atoms with Gasteiger partial charge < -0.3 is 14.2 Å². The summed E-state index contributed by atoms with van der Waals surface area (Å²) in [5.74, 6) is 1.75. The van der Waals surface area contributed by atoms with Gasteiger partial charge in [-0.15, -0.1) is 0 Å². The van der Waals surface area contributed by atoms with E-state index in [1.165, 1.54) is 11.1 Å². The van der Waals surface area contributed by atoms with Crippen LogP contribution < -0.4 is 18.9 Å². The lowest BCUT2D eigenvalue weighted by Crippen LogP contribution is -2.31. The van der Waals surface area contributed by atoms with Crippen molar-refractivity contribution in [2.24, 2.45) is 0 Å². The molecule has 2 aromatic carbocycles. The van der Waals surface area contributed by atoms with Gasteiger partial charge in [0.2, 0.25) is 10.0 Å². The van der Waals surface area contributed by atoms with E-state index in [1.54, 1.807) is 25.3 Å². The topological polar surface area (TPSA) is 73.9 Å². The van der Waals surface area contributed by atoms with E-state index < -0.39 is 10.0 Å². The van der Waals surface area contributed by atoms with Gasteiger partial charge >= 0.3 is 0 Å². The molecule has 0 bridgehead atoms. The number of methoxy groups -OCH3 is 1. The fraction of sp³-hybridized carbons (Fsp3) is 0.400. The molecule has 0 saturated carbocycles. The zero-order valence-electron chi connectivity index (χ0n) is 15.2. The summed E-state index contributed by atoms with van der Waals surface area (Å²) in [6.07, 6.45) is 2.98. The molecule has 7 heteroatoms. The van der Waals surface area contributed by atoms with E-state index in [0.717, 1.165) is 25.0 Å². The van der Waals surface area contributed by atoms with E-state index in [9.17, 15) is 8.42 Å². The number of fused-ring (bicyclic) bond motifs is 2. The normalized spacial score (nSPS) is 18.6. The zero-order valence-corrected chi connectivity index (χ0v) is 16.1. The molecule has 1 atom stereocenters. The van der Waals surface area contributed by atoms with Crippen LogP contribution in [0.25, 0.3) is 0 Å². The lowest BCUT2D eigenvalue weighted by Gasteiger charge is -2.26. The van der Waals surface area contributed by atoms with Gasteiger partial charge in [0.05, 0.1) is 7.11 Å². The monoisotopic (exact) mass is 389 g/mol. The van der Waals surface area contributed by atoms with Crippen molar-refractivity contribution in [1.29, 1.82) is 0 Å². The van der Waals surface area contributed by atoms with Crippen LogP contribution >= 0.6 is 0 Å². The summed E-state index contributed by atoms with van der Waals surface area (Å²) >= 11 is 0. The first-order valence-corrected chi connectivity index (χ1v) is 10.6. The third-order valence-corrected chi connectivity index (χ3v) is 6.58. The molecule has 0 fully saturated rings. The quantitative estimate of drug-likeness (QED) is 0.851. The Labute approximate surface area is 159 Å². The third-order valence-electron chi connectivity index (χ3n) is 5.13. The summed E-state index contributed by atoms with van der Waals surface area (Å²) in [5.41, 5.74) is 2.43. The van der Waals surface area contributed by atoms with Crippen molar-refractivity contribution >= 4 is 10.0 Å². The Morgan fingerprint density at radius 2 is 2.04 bits per heavy atom. The van der Waals surface area contributed by atoms with Crippen LogP contribution in [0.5, 0.6) is 17.2 Å². The number of sulfonamides is 1. The maximum absolute atomic E-state index is 12.9. The van der Waals surface area contributed by atoms with Gasteiger partial charge in [0.1, 0.15) is 23.9 Å². The predicted octanol–water partition coefficient (Wildman–Crippen LogP) is 2.86. The highest BCUT2D eigenvalue weighted by Crippen LogP contribution is 2.37. The maximum atomic E-state index is 12.9. The number of rotatable bonds is 5. The molecular weight excluding hydrogens is 366 g/mol. The Bertz CT molecular complexity index is 941. The van der Waals surface area contributed by atoms with Crippen LogP contribution in [0.3, 0.4) is 0 Å². The summed E-state index contributed by atoms with van der Waals surface area (Å²) in [6, 6.07) is 11.0. The van der Waals surface area contributed by atoms with E-state index in [1.807, 2.05) is 12.1 Å². The number of para-hydroxylation sites is 1. The second-order valence-electron chi connectivity index (χ2n) is 6.79. The van der Waals surface area contributed by atoms with Crippen molar-refractivity contribution in [3.05, 3.63) is 47.5 Å². The molecule has 0 saturated heterocycles. The standard InChI is InChI=1S/C20H23NO5S/c1-24-16-8-9-17-14(12-16)4-2-5-15(17)13-21-27(22,23)19-7-3-6-18-20(19)26-11-10-25-18/h3,6-9,12,15,21H,2,4-5,10-11,13H2,1H3. The lowest BCUT2D eigenvalue weighted by molar-refractivity contribution is 0.167. The van der Waals surface area contributed by atoms with Gasteiger partial charge in [-0.05, 0) is 60.6 Å². The average molecular weight is 389 g/mol. The maximum Gasteiger partial charge on any atom is 0.244 e. The second kappa shape index (κ2) is 7.40. The van der Waals surface area contributed by atoms with Crippen LogP contribution in [0.1, 0.15) is 29.9 Å². The van der Waals surface area contributed by atoms with Crippen molar-refractivity contribution in [3.8, 4) is 17.2 Å². The van der Waals surface area contributed by atoms with Crippen LogP contribution in [0, 0.1) is 0 Å². The Balaban J connectivity index is 1.54. The summed E-state index contributed by atoms with van der Waals surface area (Å²) < 4.78 is 44.9.